The monoisotopic (exact) mass is 243 g/mol. The van der Waals surface area contributed by atoms with Gasteiger partial charge >= 0.3 is 0 Å². The van der Waals surface area contributed by atoms with Crippen molar-refractivity contribution in [3.8, 4) is 0 Å². The molecule has 92 valence electrons. The SMILES string of the molecule is Cc1cccc(NC(=O)c2cccc(F)c2)c1C. The Morgan fingerprint density at radius 3 is 2.56 bits per heavy atom. The molecule has 2 rings (SSSR count). The van der Waals surface area contributed by atoms with Gasteiger partial charge in [0.25, 0.3) is 5.91 Å². The summed E-state index contributed by atoms with van der Waals surface area (Å²) in [5.74, 6) is -0.716. The average Bonchev–Trinajstić information content (AvgIpc) is 2.35. The van der Waals surface area contributed by atoms with E-state index in [-0.39, 0.29) is 5.91 Å². The van der Waals surface area contributed by atoms with Gasteiger partial charge < -0.3 is 5.32 Å². The highest BCUT2D eigenvalue weighted by molar-refractivity contribution is 6.04. The van der Waals surface area contributed by atoms with Gasteiger partial charge in [-0.15, -0.1) is 0 Å². The maximum atomic E-state index is 13.0. The maximum Gasteiger partial charge on any atom is 0.255 e. The molecule has 3 heteroatoms. The number of carbonyl (C=O) groups is 1. The lowest BCUT2D eigenvalue weighted by atomic mass is 10.1. The van der Waals surface area contributed by atoms with Crippen LogP contribution in [0, 0.1) is 19.7 Å². The minimum Gasteiger partial charge on any atom is -0.322 e. The Kier molecular flexibility index (Phi) is 3.42. The number of aryl methyl sites for hydroxylation is 1. The zero-order chi connectivity index (χ0) is 13.1. The fourth-order valence-corrected chi connectivity index (χ4v) is 1.71. The fourth-order valence-electron chi connectivity index (χ4n) is 1.71. The van der Waals surface area contributed by atoms with E-state index in [4.69, 9.17) is 0 Å². The molecule has 0 saturated heterocycles. The third kappa shape index (κ3) is 2.56. The second-order valence-corrected chi connectivity index (χ2v) is 4.21. The summed E-state index contributed by atoms with van der Waals surface area (Å²) in [6.07, 6.45) is 0. The van der Waals surface area contributed by atoms with Crippen LogP contribution in [-0.4, -0.2) is 5.91 Å². The highest BCUT2D eigenvalue weighted by Gasteiger charge is 2.08. The van der Waals surface area contributed by atoms with Crippen LogP contribution < -0.4 is 5.32 Å². The molecule has 0 bridgehead atoms. The first-order valence-electron chi connectivity index (χ1n) is 5.71. The quantitative estimate of drug-likeness (QED) is 0.856. The molecule has 0 radical (unpaired) electrons. The molecule has 1 amide bonds. The summed E-state index contributed by atoms with van der Waals surface area (Å²) in [5.41, 5.74) is 3.19. The van der Waals surface area contributed by atoms with Gasteiger partial charge in [0, 0.05) is 11.3 Å². The molecule has 2 aromatic rings. The van der Waals surface area contributed by atoms with Gasteiger partial charge in [-0.3, -0.25) is 4.79 Å². The van der Waals surface area contributed by atoms with Crippen molar-refractivity contribution in [1.29, 1.82) is 0 Å². The number of hydrogen-bond donors (Lipinski definition) is 1. The molecule has 0 aliphatic carbocycles. The molecule has 0 unspecified atom stereocenters. The molecule has 0 spiro atoms. The number of carbonyl (C=O) groups excluding carboxylic acids is 1. The standard InChI is InChI=1S/C15H14FNO/c1-10-5-3-8-14(11(10)2)17-15(18)12-6-4-7-13(16)9-12/h3-9H,1-2H3,(H,17,18). The average molecular weight is 243 g/mol. The predicted molar refractivity (Wildman–Crippen MR) is 70.3 cm³/mol. The van der Waals surface area contributed by atoms with Crippen molar-refractivity contribution in [3.63, 3.8) is 0 Å². The molecule has 0 fully saturated rings. The maximum absolute atomic E-state index is 13.0. The van der Waals surface area contributed by atoms with Gasteiger partial charge in [0.2, 0.25) is 0 Å². The second-order valence-electron chi connectivity index (χ2n) is 4.21. The van der Waals surface area contributed by atoms with E-state index in [0.29, 0.717) is 5.56 Å². The summed E-state index contributed by atoms with van der Waals surface area (Å²) >= 11 is 0. The Morgan fingerprint density at radius 1 is 1.11 bits per heavy atom. The second kappa shape index (κ2) is 5.00. The number of benzene rings is 2. The zero-order valence-electron chi connectivity index (χ0n) is 10.3. The van der Waals surface area contributed by atoms with Crippen LogP contribution in [0.2, 0.25) is 0 Å². The van der Waals surface area contributed by atoms with Gasteiger partial charge in [-0.05, 0) is 49.2 Å². The Morgan fingerprint density at radius 2 is 1.83 bits per heavy atom. The van der Waals surface area contributed by atoms with Crippen molar-refractivity contribution >= 4 is 11.6 Å². The highest BCUT2D eigenvalue weighted by Crippen LogP contribution is 2.18. The highest BCUT2D eigenvalue weighted by atomic mass is 19.1. The first kappa shape index (κ1) is 12.3. The van der Waals surface area contributed by atoms with Crippen LogP contribution >= 0.6 is 0 Å². The van der Waals surface area contributed by atoms with Crippen molar-refractivity contribution < 1.29 is 9.18 Å². The van der Waals surface area contributed by atoms with E-state index < -0.39 is 5.82 Å². The number of halogens is 1. The molecule has 2 nitrogen and oxygen atoms in total. The van der Waals surface area contributed by atoms with E-state index in [9.17, 15) is 9.18 Å². The Bertz CT molecular complexity index is 593. The van der Waals surface area contributed by atoms with Crippen molar-refractivity contribution in [3.05, 3.63) is 65.0 Å². The Labute approximate surface area is 105 Å². The lowest BCUT2D eigenvalue weighted by Gasteiger charge is -2.10. The molecule has 1 N–H and O–H groups in total. The molecule has 0 aliphatic heterocycles. The van der Waals surface area contributed by atoms with Crippen LogP contribution in [0.1, 0.15) is 21.5 Å². The van der Waals surface area contributed by atoms with Crippen LogP contribution in [0.4, 0.5) is 10.1 Å². The third-order valence-corrected chi connectivity index (χ3v) is 2.94. The predicted octanol–water partition coefficient (Wildman–Crippen LogP) is 3.69. The van der Waals surface area contributed by atoms with E-state index in [1.807, 2.05) is 32.0 Å². The van der Waals surface area contributed by atoms with Crippen LogP contribution in [-0.2, 0) is 0 Å². The van der Waals surface area contributed by atoms with E-state index in [1.165, 1.54) is 18.2 Å². The zero-order valence-corrected chi connectivity index (χ0v) is 10.3. The molecular formula is C15H14FNO. The normalized spacial score (nSPS) is 10.2. The molecule has 0 aromatic heterocycles. The summed E-state index contributed by atoms with van der Waals surface area (Å²) < 4.78 is 13.0. The minimum atomic E-state index is -0.413. The van der Waals surface area contributed by atoms with Gasteiger partial charge in [-0.2, -0.15) is 0 Å². The molecule has 2 aromatic carbocycles. The van der Waals surface area contributed by atoms with Gasteiger partial charge in [0.15, 0.2) is 0 Å². The lowest BCUT2D eigenvalue weighted by Crippen LogP contribution is -2.13. The number of anilines is 1. The first-order chi connectivity index (χ1) is 8.58. The fraction of sp³-hybridized carbons (Fsp3) is 0.133. The van der Waals surface area contributed by atoms with Crippen molar-refractivity contribution in [2.45, 2.75) is 13.8 Å². The Balaban J connectivity index is 2.24. The largest absolute Gasteiger partial charge is 0.322 e. The van der Waals surface area contributed by atoms with E-state index in [0.717, 1.165) is 16.8 Å². The van der Waals surface area contributed by atoms with Gasteiger partial charge in [-0.25, -0.2) is 4.39 Å². The number of amides is 1. The van der Waals surface area contributed by atoms with E-state index in [2.05, 4.69) is 5.32 Å². The molecular weight excluding hydrogens is 229 g/mol. The summed E-state index contributed by atoms with van der Waals surface area (Å²) in [6, 6.07) is 11.3. The third-order valence-electron chi connectivity index (χ3n) is 2.94. The van der Waals surface area contributed by atoms with Crippen LogP contribution in [0.3, 0.4) is 0 Å². The molecule has 0 saturated carbocycles. The summed E-state index contributed by atoms with van der Waals surface area (Å²) in [6.45, 7) is 3.92. The van der Waals surface area contributed by atoms with Gasteiger partial charge in [0.1, 0.15) is 5.82 Å². The van der Waals surface area contributed by atoms with Crippen LogP contribution in [0.15, 0.2) is 42.5 Å². The summed E-state index contributed by atoms with van der Waals surface area (Å²) in [4.78, 5) is 12.0. The van der Waals surface area contributed by atoms with Crippen molar-refractivity contribution in [2.24, 2.45) is 0 Å². The van der Waals surface area contributed by atoms with Crippen molar-refractivity contribution in [2.75, 3.05) is 5.32 Å². The number of hydrogen-bond acceptors (Lipinski definition) is 1. The topological polar surface area (TPSA) is 29.1 Å². The van der Waals surface area contributed by atoms with Crippen LogP contribution in [0.5, 0.6) is 0 Å². The molecule has 0 aliphatic rings. The Hall–Kier alpha value is -2.16. The van der Waals surface area contributed by atoms with Gasteiger partial charge in [0.05, 0.1) is 0 Å². The molecule has 18 heavy (non-hydrogen) atoms. The number of nitrogens with one attached hydrogen (secondary N) is 1. The van der Waals surface area contributed by atoms with E-state index >= 15 is 0 Å². The van der Waals surface area contributed by atoms with Crippen LogP contribution in [0.25, 0.3) is 0 Å². The summed E-state index contributed by atoms with van der Waals surface area (Å²) in [5, 5.41) is 2.79. The summed E-state index contributed by atoms with van der Waals surface area (Å²) in [7, 11) is 0. The van der Waals surface area contributed by atoms with Gasteiger partial charge in [-0.1, -0.05) is 18.2 Å². The lowest BCUT2D eigenvalue weighted by molar-refractivity contribution is 0.102. The minimum absolute atomic E-state index is 0.303. The van der Waals surface area contributed by atoms with Crippen molar-refractivity contribution in [1.82, 2.24) is 0 Å². The first-order valence-corrected chi connectivity index (χ1v) is 5.71. The van der Waals surface area contributed by atoms with E-state index in [1.54, 1.807) is 6.07 Å². The smallest absolute Gasteiger partial charge is 0.255 e. The molecule has 0 atom stereocenters. The number of rotatable bonds is 2. The molecule has 0 heterocycles.